The summed E-state index contributed by atoms with van der Waals surface area (Å²) in [6.07, 6.45) is 0.903. The highest BCUT2D eigenvalue weighted by molar-refractivity contribution is 6.10. The van der Waals surface area contributed by atoms with Gasteiger partial charge in [0.25, 0.3) is 0 Å². The van der Waals surface area contributed by atoms with E-state index < -0.39 is 5.92 Å². The minimum atomic E-state index is -0.574. The lowest BCUT2D eigenvalue weighted by molar-refractivity contribution is -0.132. The van der Waals surface area contributed by atoms with Gasteiger partial charge in [0.1, 0.15) is 17.5 Å². The van der Waals surface area contributed by atoms with Crippen LogP contribution in [0.5, 0.6) is 0 Å². The van der Waals surface area contributed by atoms with Gasteiger partial charge in [-0.2, -0.15) is 0 Å². The van der Waals surface area contributed by atoms with E-state index in [2.05, 4.69) is 12.1 Å². The fourth-order valence-electron chi connectivity index (χ4n) is 3.90. The van der Waals surface area contributed by atoms with E-state index in [-0.39, 0.29) is 17.5 Å². The average molecular weight is 306 g/mol. The van der Waals surface area contributed by atoms with Gasteiger partial charge in [0, 0.05) is 12.8 Å². The molecule has 23 heavy (non-hydrogen) atoms. The average Bonchev–Trinajstić information content (AvgIpc) is 2.49. The topological polar surface area (TPSA) is 34.1 Å². The monoisotopic (exact) mass is 306 g/mol. The molecule has 0 bridgehead atoms. The number of aryl methyl sites for hydroxylation is 3. The first-order chi connectivity index (χ1) is 11.0. The van der Waals surface area contributed by atoms with Crippen molar-refractivity contribution in [2.24, 2.45) is 0 Å². The number of benzene rings is 2. The molecular formula is C21H22O2. The van der Waals surface area contributed by atoms with Crippen LogP contribution in [0.15, 0.2) is 42.5 Å². The third kappa shape index (κ3) is 2.98. The lowest BCUT2D eigenvalue weighted by Crippen LogP contribution is -2.31. The van der Waals surface area contributed by atoms with Crippen LogP contribution in [-0.4, -0.2) is 11.6 Å². The van der Waals surface area contributed by atoms with Crippen LogP contribution < -0.4 is 0 Å². The standard InChI is InChI=1S/C21H22O2/c1-13-9-14(2)20(15(3)10-13)21-18(22)11-17(12-19(21)23)16-7-5-4-6-8-16/h4-10,17,21H,11-12H2,1-3H3. The Balaban J connectivity index is 1.93. The van der Waals surface area contributed by atoms with Gasteiger partial charge in [-0.3, -0.25) is 9.59 Å². The van der Waals surface area contributed by atoms with E-state index in [1.807, 2.05) is 51.1 Å². The van der Waals surface area contributed by atoms with Crippen LogP contribution in [0.4, 0.5) is 0 Å². The maximum atomic E-state index is 12.8. The molecular weight excluding hydrogens is 284 g/mol. The molecule has 0 saturated heterocycles. The highest BCUT2D eigenvalue weighted by Gasteiger charge is 2.38. The maximum absolute atomic E-state index is 12.8. The lowest BCUT2D eigenvalue weighted by atomic mass is 9.72. The van der Waals surface area contributed by atoms with Crippen molar-refractivity contribution in [3.63, 3.8) is 0 Å². The van der Waals surface area contributed by atoms with Crippen molar-refractivity contribution in [1.82, 2.24) is 0 Å². The van der Waals surface area contributed by atoms with Crippen molar-refractivity contribution in [3.8, 4) is 0 Å². The molecule has 0 heterocycles. The molecule has 0 N–H and O–H groups in total. The van der Waals surface area contributed by atoms with E-state index in [4.69, 9.17) is 0 Å². The molecule has 118 valence electrons. The molecule has 3 rings (SSSR count). The molecule has 0 atom stereocenters. The van der Waals surface area contributed by atoms with Gasteiger partial charge in [-0.05, 0) is 48.9 Å². The first-order valence-electron chi connectivity index (χ1n) is 8.15. The number of hydrogen-bond donors (Lipinski definition) is 0. The highest BCUT2D eigenvalue weighted by atomic mass is 16.2. The summed E-state index contributed by atoms with van der Waals surface area (Å²) in [5.41, 5.74) is 5.28. The van der Waals surface area contributed by atoms with Gasteiger partial charge in [0.05, 0.1) is 0 Å². The summed E-state index contributed by atoms with van der Waals surface area (Å²) in [4.78, 5) is 25.5. The molecule has 0 spiro atoms. The van der Waals surface area contributed by atoms with Crippen LogP contribution in [0.3, 0.4) is 0 Å². The number of rotatable bonds is 2. The molecule has 1 aliphatic rings. The van der Waals surface area contributed by atoms with Crippen LogP contribution >= 0.6 is 0 Å². The first-order valence-corrected chi connectivity index (χ1v) is 8.15. The van der Waals surface area contributed by atoms with Gasteiger partial charge in [-0.25, -0.2) is 0 Å². The largest absolute Gasteiger partial charge is 0.298 e. The van der Waals surface area contributed by atoms with E-state index in [1.165, 1.54) is 5.56 Å². The Morgan fingerprint density at radius 3 is 1.87 bits per heavy atom. The van der Waals surface area contributed by atoms with Gasteiger partial charge in [0.15, 0.2) is 0 Å². The van der Waals surface area contributed by atoms with Gasteiger partial charge in [-0.15, -0.1) is 0 Å². The minimum Gasteiger partial charge on any atom is -0.298 e. The zero-order valence-corrected chi connectivity index (χ0v) is 13.9. The summed E-state index contributed by atoms with van der Waals surface area (Å²) in [5, 5.41) is 0. The molecule has 0 aliphatic heterocycles. The number of hydrogen-bond acceptors (Lipinski definition) is 2. The molecule has 2 aromatic rings. The van der Waals surface area contributed by atoms with Gasteiger partial charge < -0.3 is 0 Å². The Kier molecular flexibility index (Phi) is 4.16. The van der Waals surface area contributed by atoms with Crippen molar-refractivity contribution >= 4 is 11.6 Å². The van der Waals surface area contributed by atoms with Crippen molar-refractivity contribution in [2.45, 2.75) is 45.4 Å². The van der Waals surface area contributed by atoms with Crippen molar-refractivity contribution in [3.05, 3.63) is 70.3 Å². The number of ketones is 2. The van der Waals surface area contributed by atoms with Crippen molar-refractivity contribution in [2.75, 3.05) is 0 Å². The first kappa shape index (κ1) is 15.7. The molecule has 2 nitrogen and oxygen atoms in total. The summed E-state index contributed by atoms with van der Waals surface area (Å²) in [6.45, 7) is 6.04. The summed E-state index contributed by atoms with van der Waals surface area (Å²) in [6, 6.07) is 14.0. The second-order valence-electron chi connectivity index (χ2n) is 6.69. The Labute approximate surface area is 137 Å². The van der Waals surface area contributed by atoms with Crippen LogP contribution in [-0.2, 0) is 9.59 Å². The third-order valence-corrected chi connectivity index (χ3v) is 4.84. The van der Waals surface area contributed by atoms with Gasteiger partial charge in [0.2, 0.25) is 0 Å². The summed E-state index contributed by atoms with van der Waals surface area (Å²) >= 11 is 0. The predicted molar refractivity (Wildman–Crippen MR) is 91.8 cm³/mol. The lowest BCUT2D eigenvalue weighted by Gasteiger charge is -2.29. The SMILES string of the molecule is Cc1cc(C)c(C2C(=O)CC(c3ccccc3)CC2=O)c(C)c1. The van der Waals surface area contributed by atoms with E-state index in [0.29, 0.717) is 12.8 Å². The molecule has 0 amide bonds. The van der Waals surface area contributed by atoms with Crippen LogP contribution in [0.2, 0.25) is 0 Å². The summed E-state index contributed by atoms with van der Waals surface area (Å²) in [5.74, 6) is -0.426. The molecule has 2 aromatic carbocycles. The van der Waals surface area contributed by atoms with Crippen LogP contribution in [0.1, 0.15) is 52.5 Å². The van der Waals surface area contributed by atoms with Crippen molar-refractivity contribution in [1.29, 1.82) is 0 Å². The molecule has 0 aromatic heterocycles. The zero-order chi connectivity index (χ0) is 16.6. The fraction of sp³-hybridized carbons (Fsp3) is 0.333. The van der Waals surface area contributed by atoms with Crippen LogP contribution in [0.25, 0.3) is 0 Å². The van der Waals surface area contributed by atoms with E-state index >= 15 is 0 Å². The van der Waals surface area contributed by atoms with E-state index in [0.717, 1.165) is 22.3 Å². The maximum Gasteiger partial charge on any atom is 0.148 e. The number of carbonyl (C=O) groups is 2. The molecule has 2 heteroatoms. The summed E-state index contributed by atoms with van der Waals surface area (Å²) < 4.78 is 0. The quantitative estimate of drug-likeness (QED) is 0.770. The minimum absolute atomic E-state index is 0.0264. The molecule has 0 unspecified atom stereocenters. The molecule has 1 aliphatic carbocycles. The van der Waals surface area contributed by atoms with E-state index in [9.17, 15) is 9.59 Å². The second-order valence-corrected chi connectivity index (χ2v) is 6.69. The van der Waals surface area contributed by atoms with Gasteiger partial charge in [-0.1, -0.05) is 48.0 Å². The highest BCUT2D eigenvalue weighted by Crippen LogP contribution is 2.38. The van der Waals surface area contributed by atoms with E-state index in [1.54, 1.807) is 0 Å². The Bertz CT molecular complexity index is 718. The fourth-order valence-corrected chi connectivity index (χ4v) is 3.90. The Hall–Kier alpha value is -2.22. The predicted octanol–water partition coefficient (Wildman–Crippen LogP) is 4.41. The third-order valence-electron chi connectivity index (χ3n) is 4.84. The van der Waals surface area contributed by atoms with Gasteiger partial charge >= 0.3 is 0 Å². The summed E-state index contributed by atoms with van der Waals surface area (Å²) in [7, 11) is 0. The Morgan fingerprint density at radius 1 is 0.826 bits per heavy atom. The normalized spacial score (nSPS) is 21.5. The Morgan fingerprint density at radius 2 is 1.35 bits per heavy atom. The number of Topliss-reactive ketones (excluding diaryl/α,β-unsaturated/α-hetero) is 2. The van der Waals surface area contributed by atoms with Crippen molar-refractivity contribution < 1.29 is 9.59 Å². The number of carbonyl (C=O) groups excluding carboxylic acids is 2. The molecule has 1 fully saturated rings. The zero-order valence-electron chi connectivity index (χ0n) is 13.9. The van der Waals surface area contributed by atoms with Crippen LogP contribution in [0, 0.1) is 20.8 Å². The molecule has 1 saturated carbocycles. The molecule has 0 radical (unpaired) electrons. The second kappa shape index (κ2) is 6.11. The smallest absolute Gasteiger partial charge is 0.148 e.